The van der Waals surface area contributed by atoms with Gasteiger partial charge >= 0.3 is 5.97 Å². The quantitative estimate of drug-likeness (QED) is 0.878. The van der Waals surface area contributed by atoms with Gasteiger partial charge in [0.25, 0.3) is 0 Å². The van der Waals surface area contributed by atoms with Crippen LogP contribution in [-0.2, 0) is 4.79 Å². The predicted octanol–water partition coefficient (Wildman–Crippen LogP) is 3.30. The maximum atomic E-state index is 13.2. The Balaban J connectivity index is 2.20. The van der Waals surface area contributed by atoms with Crippen LogP contribution >= 0.6 is 0 Å². The Bertz CT molecular complexity index is 586. The van der Waals surface area contributed by atoms with E-state index in [9.17, 15) is 14.3 Å². The van der Waals surface area contributed by atoms with E-state index in [1.54, 1.807) is 6.07 Å². The number of hydrogen-bond acceptors (Lipinski definition) is 2. The summed E-state index contributed by atoms with van der Waals surface area (Å²) in [6.07, 6.45) is 0. The SMILES string of the molecule is CC(NC(C(=O)O)c1cccc(F)c1)c1ccccc1. The molecule has 4 heteroatoms. The Hall–Kier alpha value is -2.20. The zero-order valence-electron chi connectivity index (χ0n) is 11.1. The van der Waals surface area contributed by atoms with Crippen LogP contribution in [0.25, 0.3) is 0 Å². The maximum Gasteiger partial charge on any atom is 0.325 e. The molecule has 0 radical (unpaired) electrons. The summed E-state index contributed by atoms with van der Waals surface area (Å²) >= 11 is 0. The van der Waals surface area contributed by atoms with Gasteiger partial charge in [0, 0.05) is 6.04 Å². The van der Waals surface area contributed by atoms with Crippen LogP contribution in [0.4, 0.5) is 4.39 Å². The van der Waals surface area contributed by atoms with Crippen LogP contribution in [-0.4, -0.2) is 11.1 Å². The Kier molecular flexibility index (Phi) is 4.48. The van der Waals surface area contributed by atoms with Gasteiger partial charge in [-0.2, -0.15) is 0 Å². The van der Waals surface area contributed by atoms with Gasteiger partial charge < -0.3 is 5.11 Å². The minimum absolute atomic E-state index is 0.152. The third-order valence-electron chi connectivity index (χ3n) is 3.15. The molecule has 3 nitrogen and oxygen atoms in total. The summed E-state index contributed by atoms with van der Waals surface area (Å²) in [4.78, 5) is 11.4. The van der Waals surface area contributed by atoms with Gasteiger partial charge in [-0.15, -0.1) is 0 Å². The summed E-state index contributed by atoms with van der Waals surface area (Å²) < 4.78 is 13.2. The van der Waals surface area contributed by atoms with Crippen LogP contribution in [0.2, 0.25) is 0 Å². The fourth-order valence-corrected chi connectivity index (χ4v) is 2.08. The molecule has 0 spiro atoms. The van der Waals surface area contributed by atoms with Crippen LogP contribution in [0.5, 0.6) is 0 Å². The van der Waals surface area contributed by atoms with Gasteiger partial charge in [-0.3, -0.25) is 10.1 Å². The lowest BCUT2D eigenvalue weighted by molar-refractivity contribution is -0.139. The molecule has 2 rings (SSSR count). The molecule has 2 aromatic rings. The summed E-state index contributed by atoms with van der Waals surface area (Å²) in [6, 6.07) is 14.1. The molecular formula is C16H16FNO2. The lowest BCUT2D eigenvalue weighted by atomic mass is 10.0. The summed E-state index contributed by atoms with van der Waals surface area (Å²) in [5.74, 6) is -1.47. The number of carboxylic acids is 1. The number of hydrogen-bond donors (Lipinski definition) is 2. The second kappa shape index (κ2) is 6.30. The zero-order chi connectivity index (χ0) is 14.5. The first-order valence-electron chi connectivity index (χ1n) is 6.37. The molecule has 0 aliphatic carbocycles. The van der Waals surface area contributed by atoms with Gasteiger partial charge in [-0.1, -0.05) is 42.5 Å². The summed E-state index contributed by atoms with van der Waals surface area (Å²) in [5, 5.41) is 12.3. The second-order valence-corrected chi connectivity index (χ2v) is 4.63. The number of rotatable bonds is 5. The summed E-state index contributed by atoms with van der Waals surface area (Å²) in [6.45, 7) is 1.88. The number of aliphatic carboxylic acids is 1. The number of nitrogens with one attached hydrogen (secondary N) is 1. The van der Waals surface area contributed by atoms with Crippen molar-refractivity contribution in [3.8, 4) is 0 Å². The van der Waals surface area contributed by atoms with Gasteiger partial charge in [0.15, 0.2) is 0 Å². The van der Waals surface area contributed by atoms with E-state index < -0.39 is 17.8 Å². The van der Waals surface area contributed by atoms with E-state index in [0.29, 0.717) is 5.56 Å². The van der Waals surface area contributed by atoms with E-state index in [-0.39, 0.29) is 6.04 Å². The lowest BCUT2D eigenvalue weighted by Gasteiger charge is -2.21. The monoisotopic (exact) mass is 273 g/mol. The lowest BCUT2D eigenvalue weighted by Crippen LogP contribution is -2.30. The highest BCUT2D eigenvalue weighted by Crippen LogP contribution is 2.20. The molecule has 0 saturated carbocycles. The highest BCUT2D eigenvalue weighted by molar-refractivity contribution is 5.75. The maximum absolute atomic E-state index is 13.2. The fourth-order valence-electron chi connectivity index (χ4n) is 2.08. The summed E-state index contributed by atoms with van der Waals surface area (Å²) in [7, 11) is 0. The zero-order valence-corrected chi connectivity index (χ0v) is 11.1. The minimum Gasteiger partial charge on any atom is -0.480 e. The molecule has 20 heavy (non-hydrogen) atoms. The molecule has 0 heterocycles. The van der Waals surface area contributed by atoms with Crippen molar-refractivity contribution < 1.29 is 14.3 Å². The number of halogens is 1. The van der Waals surface area contributed by atoms with Crippen molar-refractivity contribution in [1.29, 1.82) is 0 Å². The molecule has 0 bridgehead atoms. The van der Waals surface area contributed by atoms with Crippen molar-refractivity contribution in [2.75, 3.05) is 0 Å². The molecule has 0 amide bonds. The molecule has 0 aromatic heterocycles. The highest BCUT2D eigenvalue weighted by Gasteiger charge is 2.22. The average Bonchev–Trinajstić information content (AvgIpc) is 2.45. The van der Waals surface area contributed by atoms with Crippen molar-refractivity contribution in [2.45, 2.75) is 19.0 Å². The first kappa shape index (κ1) is 14.2. The third-order valence-corrected chi connectivity index (χ3v) is 3.15. The van der Waals surface area contributed by atoms with E-state index in [0.717, 1.165) is 5.56 Å². The number of carboxylic acid groups (broad SMARTS) is 1. The molecule has 104 valence electrons. The first-order chi connectivity index (χ1) is 9.58. The Morgan fingerprint density at radius 2 is 1.75 bits per heavy atom. The standard InChI is InChI=1S/C16H16FNO2/c1-11(12-6-3-2-4-7-12)18-15(16(19)20)13-8-5-9-14(17)10-13/h2-11,15,18H,1H3,(H,19,20). The van der Waals surface area contributed by atoms with Gasteiger partial charge in [0.1, 0.15) is 11.9 Å². The predicted molar refractivity (Wildman–Crippen MR) is 74.8 cm³/mol. The average molecular weight is 273 g/mol. The van der Waals surface area contributed by atoms with Crippen molar-refractivity contribution in [2.24, 2.45) is 0 Å². The van der Waals surface area contributed by atoms with Crippen molar-refractivity contribution in [1.82, 2.24) is 5.32 Å². The van der Waals surface area contributed by atoms with Gasteiger partial charge in [-0.05, 0) is 30.2 Å². The molecule has 0 aliphatic heterocycles. The van der Waals surface area contributed by atoms with E-state index in [1.165, 1.54) is 18.2 Å². The van der Waals surface area contributed by atoms with Crippen LogP contribution in [0.3, 0.4) is 0 Å². The largest absolute Gasteiger partial charge is 0.480 e. The van der Waals surface area contributed by atoms with Gasteiger partial charge in [0.05, 0.1) is 0 Å². The van der Waals surface area contributed by atoms with E-state index in [4.69, 9.17) is 0 Å². The Morgan fingerprint density at radius 3 is 2.35 bits per heavy atom. The number of benzene rings is 2. The second-order valence-electron chi connectivity index (χ2n) is 4.63. The third kappa shape index (κ3) is 3.42. The number of carbonyl (C=O) groups is 1. The molecule has 0 saturated heterocycles. The molecule has 0 aliphatic rings. The van der Waals surface area contributed by atoms with Crippen molar-refractivity contribution in [3.05, 3.63) is 71.5 Å². The van der Waals surface area contributed by atoms with Crippen molar-refractivity contribution in [3.63, 3.8) is 0 Å². The minimum atomic E-state index is -1.03. The molecular weight excluding hydrogens is 257 g/mol. The Morgan fingerprint density at radius 1 is 1.10 bits per heavy atom. The van der Waals surface area contributed by atoms with Crippen LogP contribution < -0.4 is 5.32 Å². The van der Waals surface area contributed by atoms with E-state index in [1.807, 2.05) is 37.3 Å². The molecule has 0 fully saturated rings. The molecule has 2 atom stereocenters. The molecule has 2 unspecified atom stereocenters. The van der Waals surface area contributed by atoms with Crippen molar-refractivity contribution >= 4 is 5.97 Å². The van der Waals surface area contributed by atoms with Gasteiger partial charge in [-0.25, -0.2) is 4.39 Å². The van der Waals surface area contributed by atoms with E-state index >= 15 is 0 Å². The molecule has 2 N–H and O–H groups in total. The van der Waals surface area contributed by atoms with Crippen LogP contribution in [0, 0.1) is 5.82 Å². The van der Waals surface area contributed by atoms with Crippen LogP contribution in [0.15, 0.2) is 54.6 Å². The van der Waals surface area contributed by atoms with Gasteiger partial charge in [0.2, 0.25) is 0 Å². The van der Waals surface area contributed by atoms with E-state index in [2.05, 4.69) is 5.32 Å². The fraction of sp³-hybridized carbons (Fsp3) is 0.188. The first-order valence-corrected chi connectivity index (χ1v) is 6.37. The normalized spacial score (nSPS) is 13.7. The topological polar surface area (TPSA) is 49.3 Å². The Labute approximate surface area is 117 Å². The summed E-state index contributed by atoms with van der Waals surface area (Å²) in [5.41, 5.74) is 1.38. The smallest absolute Gasteiger partial charge is 0.325 e. The highest BCUT2D eigenvalue weighted by atomic mass is 19.1. The van der Waals surface area contributed by atoms with Crippen LogP contribution in [0.1, 0.15) is 30.1 Å². The molecule has 2 aromatic carbocycles.